The fourth-order valence-electron chi connectivity index (χ4n) is 9.84. The van der Waals surface area contributed by atoms with Gasteiger partial charge in [-0.1, -0.05) is 88.3 Å². The maximum absolute atomic E-state index is 12.7. The Labute approximate surface area is 484 Å². The summed E-state index contributed by atoms with van der Waals surface area (Å²) >= 11 is 0. The van der Waals surface area contributed by atoms with Crippen LogP contribution in [0.5, 0.6) is 0 Å². The highest BCUT2D eigenvalue weighted by Gasteiger charge is 2.33. The minimum Gasteiger partial charge on any atom is -0.444 e. The van der Waals surface area contributed by atoms with Gasteiger partial charge in [-0.05, 0) is 127 Å². The van der Waals surface area contributed by atoms with Gasteiger partial charge in [-0.15, -0.1) is 0 Å². The molecule has 18 heteroatoms. The molecule has 440 valence electrons. The molecule has 0 saturated carbocycles. The predicted molar refractivity (Wildman–Crippen MR) is 320 cm³/mol. The molecule has 18 nitrogen and oxygen atoms in total. The summed E-state index contributed by atoms with van der Waals surface area (Å²) in [6.07, 6.45) is 10.6. The van der Waals surface area contributed by atoms with Crippen LogP contribution in [0.4, 0.5) is 21.0 Å². The Hall–Kier alpha value is -7.76. The molecule has 2 N–H and O–H groups in total. The lowest BCUT2D eigenvalue weighted by atomic mass is 9.93. The summed E-state index contributed by atoms with van der Waals surface area (Å²) in [6, 6.07) is 20.1. The van der Waals surface area contributed by atoms with Gasteiger partial charge in [-0.25, -0.2) is 9.59 Å². The van der Waals surface area contributed by atoms with Crippen LogP contribution >= 0.6 is 0 Å². The minimum atomic E-state index is -0.533. The van der Waals surface area contributed by atoms with Crippen LogP contribution in [0, 0.1) is 13.8 Å². The predicted octanol–water partition coefficient (Wildman–Crippen LogP) is 12.2. The fraction of sp³-hybridized carbons (Fsp3) is 0.500. The zero-order chi connectivity index (χ0) is 59.9. The van der Waals surface area contributed by atoms with Crippen molar-refractivity contribution in [3.8, 4) is 22.3 Å². The molecule has 2 aliphatic rings. The van der Waals surface area contributed by atoms with Gasteiger partial charge in [0.2, 0.25) is 0 Å². The first-order valence-electron chi connectivity index (χ1n) is 28.5. The van der Waals surface area contributed by atoms with E-state index in [0.29, 0.717) is 37.7 Å². The average Bonchev–Trinajstić information content (AvgIpc) is 4.28. The van der Waals surface area contributed by atoms with E-state index >= 15 is 0 Å². The number of likely N-dealkylation sites (N-methyl/N-ethyl adjacent to an activating group) is 2. The number of piperidine rings is 2. The molecule has 8 rings (SSSR count). The van der Waals surface area contributed by atoms with Gasteiger partial charge in [0.15, 0.2) is 11.4 Å². The van der Waals surface area contributed by atoms with Crippen LogP contribution in [0.25, 0.3) is 22.3 Å². The number of carbonyl (C=O) groups excluding carboxylic acids is 4. The van der Waals surface area contributed by atoms with E-state index in [9.17, 15) is 19.2 Å². The Morgan fingerprint density at radius 1 is 0.573 bits per heavy atom. The minimum absolute atomic E-state index is 0.0450. The van der Waals surface area contributed by atoms with E-state index in [-0.39, 0.29) is 58.3 Å². The summed E-state index contributed by atoms with van der Waals surface area (Å²) < 4.78 is 21.9. The van der Waals surface area contributed by atoms with Crippen molar-refractivity contribution in [3.05, 3.63) is 131 Å². The zero-order valence-corrected chi connectivity index (χ0v) is 51.2. The number of amides is 4. The topological polar surface area (TPSA) is 202 Å². The van der Waals surface area contributed by atoms with E-state index in [1.54, 1.807) is 34.3 Å². The summed E-state index contributed by atoms with van der Waals surface area (Å²) in [7, 11) is 3.64. The molecule has 2 saturated heterocycles. The first-order valence-corrected chi connectivity index (χ1v) is 28.5. The highest BCUT2D eigenvalue weighted by Crippen LogP contribution is 2.36. The van der Waals surface area contributed by atoms with Gasteiger partial charge < -0.3 is 48.8 Å². The number of ether oxygens (including phenoxy) is 2. The molecular formula is C64H86N10O8. The van der Waals surface area contributed by atoms with Gasteiger partial charge in [0.25, 0.3) is 11.8 Å². The number of pyridine rings is 2. The third-order valence-electron chi connectivity index (χ3n) is 14.7. The molecule has 6 heterocycles. The first kappa shape index (κ1) is 61.9. The number of anilines is 2. The molecule has 2 fully saturated rings. The zero-order valence-electron chi connectivity index (χ0n) is 51.2. The summed E-state index contributed by atoms with van der Waals surface area (Å²) in [5.41, 5.74) is 9.63. The Balaban J connectivity index is 0.000000236. The van der Waals surface area contributed by atoms with Crippen LogP contribution in [-0.2, 0) is 33.4 Å². The summed E-state index contributed by atoms with van der Waals surface area (Å²) in [6.45, 7) is 31.4. The number of aromatic nitrogens is 4. The molecule has 2 unspecified atom stereocenters. The molecule has 0 bridgehead atoms. The molecule has 0 aliphatic carbocycles. The number of aryl methyl sites for hydroxylation is 2. The maximum atomic E-state index is 12.7. The molecule has 4 amide bonds. The van der Waals surface area contributed by atoms with Crippen molar-refractivity contribution in [2.45, 2.75) is 170 Å². The lowest BCUT2D eigenvalue weighted by Gasteiger charge is -2.39. The molecule has 0 spiro atoms. The molecule has 4 aromatic heterocycles. The van der Waals surface area contributed by atoms with Gasteiger partial charge in [-0.2, -0.15) is 0 Å². The van der Waals surface area contributed by atoms with Gasteiger partial charge in [0.05, 0.1) is 35.9 Å². The first-order chi connectivity index (χ1) is 38.5. The molecule has 2 atom stereocenters. The Morgan fingerprint density at radius 3 is 1.28 bits per heavy atom. The normalized spacial score (nSPS) is 15.9. The highest BCUT2D eigenvalue weighted by molar-refractivity contribution is 5.93. The largest absolute Gasteiger partial charge is 0.444 e. The van der Waals surface area contributed by atoms with Crippen LogP contribution in [-0.4, -0.2) is 118 Å². The van der Waals surface area contributed by atoms with Crippen molar-refractivity contribution >= 4 is 35.4 Å². The maximum Gasteiger partial charge on any atom is 0.410 e. The SMILES string of the molecule is Cc1cc(-c2ccncc2N2CCCC(N(C)C(=O)OC(C)(C)C)C2)ccc1CNC(=O)c1cc(C(C)(C)C)on1.Cc1cc(-c2ccncc2N2CCCC(N(C)C(=O)OC(C)(C)C)C2)ccc1CNC(=O)c1cc(C(C)(C)C)on1. The number of hydrogen-bond acceptors (Lipinski definition) is 14. The van der Waals surface area contributed by atoms with Crippen molar-refractivity contribution in [2.75, 3.05) is 50.1 Å². The second-order valence-electron chi connectivity index (χ2n) is 25.8. The number of nitrogens with one attached hydrogen (secondary N) is 2. The second-order valence-corrected chi connectivity index (χ2v) is 25.8. The van der Waals surface area contributed by atoms with Crippen molar-refractivity contribution in [1.29, 1.82) is 0 Å². The van der Waals surface area contributed by atoms with E-state index in [2.05, 4.69) is 65.0 Å². The second kappa shape index (κ2) is 25.6. The summed E-state index contributed by atoms with van der Waals surface area (Å²) in [4.78, 5) is 67.7. The van der Waals surface area contributed by atoms with E-state index in [1.165, 1.54) is 0 Å². The van der Waals surface area contributed by atoms with Crippen LogP contribution in [0.1, 0.15) is 164 Å². The lowest BCUT2D eigenvalue weighted by Crippen LogP contribution is -2.50. The molecule has 6 aromatic rings. The fourth-order valence-corrected chi connectivity index (χ4v) is 9.84. The quantitative estimate of drug-likeness (QED) is 0.117. The average molecular weight is 1120 g/mol. The van der Waals surface area contributed by atoms with Gasteiger partial charge in [0.1, 0.15) is 22.7 Å². The third-order valence-corrected chi connectivity index (χ3v) is 14.7. The van der Waals surface area contributed by atoms with Crippen LogP contribution < -0.4 is 20.4 Å². The number of nitrogens with zero attached hydrogens (tertiary/aromatic N) is 8. The Morgan fingerprint density at radius 2 is 0.951 bits per heavy atom. The molecule has 0 radical (unpaired) electrons. The van der Waals surface area contributed by atoms with Crippen molar-refractivity contribution in [2.24, 2.45) is 0 Å². The highest BCUT2D eigenvalue weighted by atomic mass is 16.6. The van der Waals surface area contributed by atoms with E-state index < -0.39 is 11.2 Å². The third kappa shape index (κ3) is 16.2. The monoisotopic (exact) mass is 1120 g/mol. The van der Waals surface area contributed by atoms with E-state index in [1.807, 2.05) is 148 Å². The molecule has 2 aromatic carbocycles. The number of benzene rings is 2. The summed E-state index contributed by atoms with van der Waals surface area (Å²) in [5, 5.41) is 13.8. The number of rotatable bonds is 12. The van der Waals surface area contributed by atoms with Crippen LogP contribution in [0.3, 0.4) is 0 Å². The number of hydrogen-bond donors (Lipinski definition) is 2. The van der Waals surface area contributed by atoms with Gasteiger partial charge in [-0.3, -0.25) is 19.6 Å². The van der Waals surface area contributed by atoms with Crippen LogP contribution in [0.15, 0.2) is 94.5 Å². The van der Waals surface area contributed by atoms with Gasteiger partial charge >= 0.3 is 12.2 Å². The smallest absolute Gasteiger partial charge is 0.410 e. The summed E-state index contributed by atoms with van der Waals surface area (Å²) in [5.74, 6) is 0.820. The van der Waals surface area contributed by atoms with Crippen molar-refractivity contribution in [3.63, 3.8) is 0 Å². The molecule has 2 aliphatic heterocycles. The van der Waals surface area contributed by atoms with Crippen LogP contribution in [0.2, 0.25) is 0 Å². The van der Waals surface area contributed by atoms with Crippen molar-refractivity contribution in [1.82, 2.24) is 40.7 Å². The van der Waals surface area contributed by atoms with E-state index in [0.717, 1.165) is 94.7 Å². The number of carbonyl (C=O) groups is 4. The van der Waals surface area contributed by atoms with Gasteiger partial charge in [0, 0.05) is 99.8 Å². The standard InChI is InChI=1S/2C32H43N5O4/c2*1-21-16-22(11-12-23(21)18-34-29(38)26-17-28(41-35-26)31(2,3)4)25-13-14-33-19-27(25)37-15-9-10-24(20-37)36(8)30(39)40-32(5,6)7/h2*11-14,16-17,19,24H,9-10,15,18,20H2,1-8H3,(H,34,38). The Kier molecular flexibility index (Phi) is 19.3. The molecular weight excluding hydrogens is 1040 g/mol. The lowest BCUT2D eigenvalue weighted by molar-refractivity contribution is 0.0199. The van der Waals surface area contributed by atoms with Crippen molar-refractivity contribution < 1.29 is 37.7 Å². The Bertz CT molecular complexity index is 2980. The molecule has 82 heavy (non-hydrogen) atoms. The van der Waals surface area contributed by atoms with E-state index in [4.69, 9.17) is 18.5 Å².